The van der Waals surface area contributed by atoms with Crippen molar-refractivity contribution in [3.8, 4) is 0 Å². The second-order valence-electron chi connectivity index (χ2n) is 6.40. The van der Waals surface area contributed by atoms with E-state index >= 15 is 0 Å². The summed E-state index contributed by atoms with van der Waals surface area (Å²) in [4.78, 5) is 36.5. The van der Waals surface area contributed by atoms with Crippen molar-refractivity contribution in [3.05, 3.63) is 76.9 Å². The molecule has 2 aromatic carbocycles. The van der Waals surface area contributed by atoms with Gasteiger partial charge in [-0.15, -0.1) is 11.3 Å². The minimum Gasteiger partial charge on any atom is -0.450 e. The third-order valence-corrected chi connectivity index (χ3v) is 6.38. The fraction of sp³-hybridized carbons (Fsp3) is 0.0952. The zero-order chi connectivity index (χ0) is 24.0. The maximum atomic E-state index is 13.1. The van der Waals surface area contributed by atoms with Crippen LogP contribution in [0.3, 0.4) is 0 Å². The Balaban J connectivity index is 1.81. The van der Waals surface area contributed by atoms with Crippen LogP contribution in [0.2, 0.25) is 0 Å². The van der Waals surface area contributed by atoms with Gasteiger partial charge in [-0.05, 0) is 54.8 Å². The van der Waals surface area contributed by atoms with Gasteiger partial charge in [-0.1, -0.05) is 12.1 Å². The number of ether oxygens (including phenoxy) is 1. The lowest BCUT2D eigenvalue weighted by Gasteiger charge is -2.13. The number of amides is 3. The van der Waals surface area contributed by atoms with Gasteiger partial charge < -0.3 is 10.1 Å². The average molecular weight is 492 g/mol. The molecule has 33 heavy (non-hydrogen) atoms. The van der Waals surface area contributed by atoms with E-state index in [0.29, 0.717) is 0 Å². The fourth-order valence-electron chi connectivity index (χ4n) is 2.67. The van der Waals surface area contributed by atoms with Crippen LogP contribution in [0.4, 0.5) is 19.9 Å². The Hall–Kier alpha value is -3.77. The zero-order valence-electron chi connectivity index (χ0n) is 17.1. The van der Waals surface area contributed by atoms with E-state index in [1.165, 1.54) is 30.3 Å². The number of hydrogen-bond donors (Lipinski definition) is 3. The maximum Gasteiger partial charge on any atom is 0.414 e. The number of para-hydroxylation sites is 1. The van der Waals surface area contributed by atoms with Gasteiger partial charge in [0, 0.05) is 0 Å². The number of anilines is 2. The van der Waals surface area contributed by atoms with Crippen LogP contribution < -0.4 is 15.4 Å². The number of hydrogen-bond acceptors (Lipinski definition) is 7. The molecule has 0 atom stereocenters. The van der Waals surface area contributed by atoms with Crippen molar-refractivity contribution in [2.75, 3.05) is 16.6 Å². The number of carbonyl (C=O) groups is 3. The van der Waals surface area contributed by atoms with Crippen molar-refractivity contribution in [2.24, 2.45) is 0 Å². The molecule has 0 aliphatic rings. The Bertz CT molecular complexity index is 1290. The number of sulfonamides is 1. The molecule has 0 fully saturated rings. The first kappa shape index (κ1) is 23.9. The third kappa shape index (κ3) is 5.93. The molecule has 0 bridgehead atoms. The highest BCUT2D eigenvalue weighted by Gasteiger charge is 2.22. The van der Waals surface area contributed by atoms with Gasteiger partial charge in [0.1, 0.15) is 10.8 Å². The van der Waals surface area contributed by atoms with E-state index in [1.54, 1.807) is 12.3 Å². The molecule has 0 spiro atoms. The summed E-state index contributed by atoms with van der Waals surface area (Å²) in [7, 11) is -4.10. The normalized spacial score (nSPS) is 10.8. The SMILES string of the molecule is CCOC(=O)NC(=O)c1ccsc1NC(=O)c1ccccc1NS(=O)(=O)c1ccc(F)cc1. The summed E-state index contributed by atoms with van der Waals surface area (Å²) in [5.41, 5.74) is -0.00693. The van der Waals surface area contributed by atoms with Crippen LogP contribution in [-0.4, -0.2) is 32.9 Å². The summed E-state index contributed by atoms with van der Waals surface area (Å²) >= 11 is 1.04. The number of benzene rings is 2. The van der Waals surface area contributed by atoms with Crippen molar-refractivity contribution >= 4 is 50.0 Å². The van der Waals surface area contributed by atoms with Crippen LogP contribution in [0.5, 0.6) is 0 Å². The lowest BCUT2D eigenvalue weighted by Crippen LogP contribution is -2.31. The van der Waals surface area contributed by atoms with Crippen LogP contribution >= 0.6 is 11.3 Å². The molecule has 0 aliphatic carbocycles. The first-order chi connectivity index (χ1) is 15.7. The Kier molecular flexibility index (Phi) is 7.41. The van der Waals surface area contributed by atoms with E-state index in [4.69, 9.17) is 0 Å². The van der Waals surface area contributed by atoms with Gasteiger partial charge in [-0.2, -0.15) is 0 Å². The van der Waals surface area contributed by atoms with Gasteiger partial charge >= 0.3 is 6.09 Å². The van der Waals surface area contributed by atoms with Gasteiger partial charge in [-0.25, -0.2) is 17.6 Å². The van der Waals surface area contributed by atoms with Gasteiger partial charge in [0.15, 0.2) is 0 Å². The highest BCUT2D eigenvalue weighted by Crippen LogP contribution is 2.26. The molecule has 0 saturated heterocycles. The molecule has 3 N–H and O–H groups in total. The first-order valence-electron chi connectivity index (χ1n) is 9.45. The second kappa shape index (κ2) is 10.2. The Morgan fingerprint density at radius 1 is 0.970 bits per heavy atom. The van der Waals surface area contributed by atoms with Gasteiger partial charge in [-0.3, -0.25) is 19.6 Å². The number of alkyl carbamates (subject to hydrolysis) is 1. The minimum atomic E-state index is -4.10. The first-order valence-corrected chi connectivity index (χ1v) is 11.8. The highest BCUT2D eigenvalue weighted by atomic mass is 32.2. The third-order valence-electron chi connectivity index (χ3n) is 4.17. The molecule has 1 heterocycles. The lowest BCUT2D eigenvalue weighted by molar-refractivity contribution is 0.0926. The summed E-state index contributed by atoms with van der Waals surface area (Å²) in [5.74, 6) is -2.05. The predicted octanol–water partition coefficient (Wildman–Crippen LogP) is 3.83. The van der Waals surface area contributed by atoms with Crippen LogP contribution in [0.25, 0.3) is 0 Å². The number of thiophene rings is 1. The molecule has 0 radical (unpaired) electrons. The number of carbonyl (C=O) groups excluding carboxylic acids is 3. The highest BCUT2D eigenvalue weighted by molar-refractivity contribution is 7.92. The van der Waals surface area contributed by atoms with Crippen molar-refractivity contribution < 1.29 is 31.9 Å². The van der Waals surface area contributed by atoms with Gasteiger partial charge in [0.2, 0.25) is 0 Å². The fourth-order valence-corrected chi connectivity index (χ4v) is 4.53. The number of halogens is 1. The van der Waals surface area contributed by atoms with Crippen LogP contribution in [0.1, 0.15) is 27.6 Å². The van der Waals surface area contributed by atoms with E-state index in [2.05, 4.69) is 14.8 Å². The molecule has 0 unspecified atom stereocenters. The molecule has 1 aromatic heterocycles. The predicted molar refractivity (Wildman–Crippen MR) is 120 cm³/mol. The number of imide groups is 1. The number of rotatable bonds is 7. The van der Waals surface area contributed by atoms with E-state index in [1.807, 2.05) is 5.32 Å². The summed E-state index contributed by atoms with van der Waals surface area (Å²) in [5, 5.41) is 6.28. The molecule has 3 rings (SSSR count). The van der Waals surface area contributed by atoms with E-state index in [-0.39, 0.29) is 33.3 Å². The Morgan fingerprint density at radius 3 is 2.36 bits per heavy atom. The van der Waals surface area contributed by atoms with E-state index < -0.39 is 33.7 Å². The van der Waals surface area contributed by atoms with Crippen molar-refractivity contribution in [2.45, 2.75) is 11.8 Å². The summed E-state index contributed by atoms with van der Waals surface area (Å²) in [6.07, 6.45) is -0.925. The maximum absolute atomic E-state index is 13.1. The molecule has 172 valence electrons. The molecular weight excluding hydrogens is 473 g/mol. The molecule has 3 aromatic rings. The topological polar surface area (TPSA) is 131 Å². The lowest BCUT2D eigenvalue weighted by atomic mass is 10.1. The Morgan fingerprint density at radius 2 is 1.67 bits per heavy atom. The van der Waals surface area contributed by atoms with Crippen LogP contribution in [-0.2, 0) is 14.8 Å². The summed E-state index contributed by atoms with van der Waals surface area (Å²) in [6, 6.07) is 11.5. The molecular formula is C21H18FN3O6S2. The van der Waals surface area contributed by atoms with Crippen molar-refractivity contribution in [1.82, 2.24) is 5.32 Å². The number of nitrogens with one attached hydrogen (secondary N) is 3. The second-order valence-corrected chi connectivity index (χ2v) is 9.00. The molecule has 9 nitrogen and oxygen atoms in total. The van der Waals surface area contributed by atoms with Crippen LogP contribution in [0, 0.1) is 5.82 Å². The van der Waals surface area contributed by atoms with Gasteiger partial charge in [0.25, 0.3) is 21.8 Å². The van der Waals surface area contributed by atoms with E-state index in [9.17, 15) is 27.2 Å². The Labute approximate surface area is 192 Å². The molecule has 0 aliphatic heterocycles. The molecule has 12 heteroatoms. The molecule has 0 saturated carbocycles. The smallest absolute Gasteiger partial charge is 0.414 e. The zero-order valence-corrected chi connectivity index (χ0v) is 18.8. The summed E-state index contributed by atoms with van der Waals surface area (Å²) in [6.45, 7) is 1.67. The minimum absolute atomic E-state index is 0.0200. The molecule has 3 amide bonds. The van der Waals surface area contributed by atoms with Crippen molar-refractivity contribution in [3.63, 3.8) is 0 Å². The monoisotopic (exact) mass is 491 g/mol. The average Bonchev–Trinajstić information content (AvgIpc) is 3.22. The largest absolute Gasteiger partial charge is 0.450 e. The standard InChI is InChI=1S/C21H18FN3O6S2/c1-2-31-21(28)24-19(27)16-11-12-32-20(16)23-18(26)15-5-3-4-6-17(15)25-33(29,30)14-9-7-13(22)8-10-14/h3-12,25H,2H2,1H3,(H,23,26)(H,24,27,28). The quantitative estimate of drug-likeness (QED) is 0.461. The summed E-state index contributed by atoms with van der Waals surface area (Å²) < 4.78 is 45.4. The van der Waals surface area contributed by atoms with Gasteiger partial charge in [0.05, 0.1) is 28.3 Å². The van der Waals surface area contributed by atoms with Crippen molar-refractivity contribution in [1.29, 1.82) is 0 Å². The van der Waals surface area contributed by atoms with E-state index in [0.717, 1.165) is 35.6 Å². The van der Waals surface area contributed by atoms with Crippen LogP contribution in [0.15, 0.2) is 64.9 Å².